The molecule has 2 atom stereocenters. The summed E-state index contributed by atoms with van der Waals surface area (Å²) in [6.45, 7) is 6.74. The lowest BCUT2D eigenvalue weighted by Crippen LogP contribution is -2.21. The first-order chi connectivity index (χ1) is 8.19. The fourth-order valence-electron chi connectivity index (χ4n) is 1.86. The van der Waals surface area contributed by atoms with Crippen molar-refractivity contribution in [3.8, 4) is 6.07 Å². The molecule has 0 saturated heterocycles. The molecule has 0 heterocycles. The Morgan fingerprint density at radius 3 is 2.29 bits per heavy atom. The van der Waals surface area contributed by atoms with Crippen molar-refractivity contribution in [1.29, 1.82) is 5.26 Å². The van der Waals surface area contributed by atoms with Gasteiger partial charge in [-0.1, -0.05) is 27.2 Å². The molecule has 2 nitrogen and oxygen atoms in total. The smallest absolute Gasteiger partial charge is 0.0991 e. The predicted octanol–water partition coefficient (Wildman–Crippen LogP) is 4.18. The lowest BCUT2D eigenvalue weighted by atomic mass is 9.97. The number of nitrogens with one attached hydrogen (secondary N) is 1. The minimum absolute atomic E-state index is 0.526. The normalized spacial score (nSPS) is 13.8. The Hall–Kier alpha value is -1.49. The molecule has 0 radical (unpaired) electrons. The molecular formula is C15H22N2. The number of rotatable bonds is 6. The van der Waals surface area contributed by atoms with E-state index >= 15 is 0 Å². The van der Waals surface area contributed by atoms with Crippen LogP contribution in [0.25, 0.3) is 0 Å². The summed E-state index contributed by atoms with van der Waals surface area (Å²) in [6, 6.07) is 10.3. The number of hydrogen-bond acceptors (Lipinski definition) is 2. The summed E-state index contributed by atoms with van der Waals surface area (Å²) in [5, 5.41) is 12.3. The Labute approximate surface area is 105 Å². The zero-order chi connectivity index (χ0) is 12.7. The van der Waals surface area contributed by atoms with Crippen LogP contribution in [0.1, 0.15) is 45.6 Å². The molecule has 0 aromatic heterocycles. The third-order valence-corrected chi connectivity index (χ3v) is 3.26. The zero-order valence-electron chi connectivity index (χ0n) is 11.0. The quantitative estimate of drug-likeness (QED) is 0.795. The van der Waals surface area contributed by atoms with Gasteiger partial charge in [0.2, 0.25) is 0 Å². The topological polar surface area (TPSA) is 35.8 Å². The van der Waals surface area contributed by atoms with Crippen molar-refractivity contribution < 1.29 is 0 Å². The summed E-state index contributed by atoms with van der Waals surface area (Å²) in [7, 11) is 0. The fraction of sp³-hybridized carbons (Fsp3) is 0.533. The molecule has 1 aromatic carbocycles. The molecule has 92 valence electrons. The number of nitriles is 1. The van der Waals surface area contributed by atoms with Crippen LogP contribution in [0.5, 0.6) is 0 Å². The third kappa shape index (κ3) is 4.48. The molecule has 17 heavy (non-hydrogen) atoms. The lowest BCUT2D eigenvalue weighted by Gasteiger charge is -2.21. The molecule has 1 aromatic rings. The van der Waals surface area contributed by atoms with Crippen LogP contribution in [0, 0.1) is 17.2 Å². The van der Waals surface area contributed by atoms with Gasteiger partial charge in [-0.15, -0.1) is 0 Å². The van der Waals surface area contributed by atoms with Gasteiger partial charge in [0.05, 0.1) is 11.6 Å². The van der Waals surface area contributed by atoms with Crippen LogP contribution in [0.4, 0.5) is 5.69 Å². The van der Waals surface area contributed by atoms with E-state index in [1.807, 2.05) is 24.3 Å². The minimum Gasteiger partial charge on any atom is -0.382 e. The average Bonchev–Trinajstić information content (AvgIpc) is 2.38. The average molecular weight is 230 g/mol. The molecule has 0 aliphatic carbocycles. The van der Waals surface area contributed by atoms with Gasteiger partial charge in [-0.25, -0.2) is 0 Å². The molecule has 0 spiro atoms. The van der Waals surface area contributed by atoms with Crippen molar-refractivity contribution in [1.82, 2.24) is 0 Å². The first-order valence-electron chi connectivity index (χ1n) is 6.46. The van der Waals surface area contributed by atoms with E-state index in [-0.39, 0.29) is 0 Å². The van der Waals surface area contributed by atoms with Gasteiger partial charge in [0, 0.05) is 11.7 Å². The molecule has 2 unspecified atom stereocenters. The van der Waals surface area contributed by atoms with Crippen molar-refractivity contribution in [2.75, 3.05) is 5.32 Å². The van der Waals surface area contributed by atoms with Gasteiger partial charge in [0.25, 0.3) is 0 Å². The molecule has 0 fully saturated rings. The third-order valence-electron chi connectivity index (χ3n) is 3.26. The monoisotopic (exact) mass is 230 g/mol. The van der Waals surface area contributed by atoms with Crippen molar-refractivity contribution in [3.63, 3.8) is 0 Å². The van der Waals surface area contributed by atoms with Crippen molar-refractivity contribution >= 4 is 5.69 Å². The van der Waals surface area contributed by atoms with Gasteiger partial charge >= 0.3 is 0 Å². The Kier molecular flexibility index (Phi) is 5.56. The van der Waals surface area contributed by atoms with Gasteiger partial charge in [-0.05, 0) is 43.0 Å². The molecule has 0 saturated carbocycles. The van der Waals surface area contributed by atoms with Crippen molar-refractivity contribution in [2.45, 2.75) is 46.1 Å². The van der Waals surface area contributed by atoms with E-state index in [9.17, 15) is 0 Å². The van der Waals surface area contributed by atoms with E-state index in [1.54, 1.807) is 0 Å². The Bertz CT molecular complexity index is 362. The molecule has 1 N–H and O–H groups in total. The van der Waals surface area contributed by atoms with Crippen LogP contribution in [0.2, 0.25) is 0 Å². The summed E-state index contributed by atoms with van der Waals surface area (Å²) in [4.78, 5) is 0. The van der Waals surface area contributed by atoms with Crippen LogP contribution in [0.15, 0.2) is 24.3 Å². The van der Waals surface area contributed by atoms with E-state index in [4.69, 9.17) is 5.26 Å². The maximum Gasteiger partial charge on any atom is 0.0991 e. The summed E-state index contributed by atoms with van der Waals surface area (Å²) < 4.78 is 0. The largest absolute Gasteiger partial charge is 0.382 e. The maximum absolute atomic E-state index is 8.74. The molecule has 0 aliphatic heterocycles. The predicted molar refractivity (Wildman–Crippen MR) is 72.9 cm³/mol. The Balaban J connectivity index is 2.58. The first kappa shape index (κ1) is 13.6. The molecule has 1 rings (SSSR count). The SMILES string of the molecule is CCC(C)CC(CC)Nc1ccc(C#N)cc1. The zero-order valence-corrected chi connectivity index (χ0v) is 11.0. The van der Waals surface area contributed by atoms with Crippen molar-refractivity contribution in [3.05, 3.63) is 29.8 Å². The van der Waals surface area contributed by atoms with Crippen LogP contribution >= 0.6 is 0 Å². The lowest BCUT2D eigenvalue weighted by molar-refractivity contribution is 0.462. The molecular weight excluding hydrogens is 208 g/mol. The summed E-state index contributed by atoms with van der Waals surface area (Å²) >= 11 is 0. The van der Waals surface area contributed by atoms with Gasteiger partial charge < -0.3 is 5.32 Å². The van der Waals surface area contributed by atoms with E-state index in [0.717, 1.165) is 18.0 Å². The van der Waals surface area contributed by atoms with Crippen LogP contribution in [-0.2, 0) is 0 Å². The second kappa shape index (κ2) is 6.96. The van der Waals surface area contributed by atoms with E-state index < -0.39 is 0 Å². The Morgan fingerprint density at radius 2 is 1.82 bits per heavy atom. The van der Waals surface area contributed by atoms with Crippen molar-refractivity contribution in [2.24, 2.45) is 5.92 Å². The molecule has 0 aliphatic rings. The minimum atomic E-state index is 0.526. The molecule has 0 amide bonds. The van der Waals surface area contributed by atoms with Crippen LogP contribution in [0.3, 0.4) is 0 Å². The highest BCUT2D eigenvalue weighted by molar-refractivity contribution is 5.47. The fourth-order valence-corrected chi connectivity index (χ4v) is 1.86. The van der Waals surface area contributed by atoms with Gasteiger partial charge in [0.1, 0.15) is 0 Å². The highest BCUT2D eigenvalue weighted by atomic mass is 14.9. The second-order valence-corrected chi connectivity index (χ2v) is 4.69. The first-order valence-corrected chi connectivity index (χ1v) is 6.46. The number of benzene rings is 1. The van der Waals surface area contributed by atoms with Crippen LogP contribution in [-0.4, -0.2) is 6.04 Å². The van der Waals surface area contributed by atoms with E-state index in [2.05, 4.69) is 32.2 Å². The summed E-state index contributed by atoms with van der Waals surface area (Å²) in [5.41, 5.74) is 1.82. The van der Waals surface area contributed by atoms with Gasteiger partial charge in [-0.3, -0.25) is 0 Å². The number of nitrogens with zero attached hydrogens (tertiary/aromatic N) is 1. The maximum atomic E-state index is 8.74. The molecule has 0 bridgehead atoms. The number of anilines is 1. The highest BCUT2D eigenvalue weighted by Gasteiger charge is 2.10. The summed E-state index contributed by atoms with van der Waals surface area (Å²) in [6.07, 6.45) is 3.56. The second-order valence-electron chi connectivity index (χ2n) is 4.69. The standard InChI is InChI=1S/C15H22N2/c1-4-12(3)10-14(5-2)17-15-8-6-13(11-16)7-9-15/h6-9,12,14,17H,4-5,10H2,1-3H3. The van der Waals surface area contributed by atoms with Gasteiger partial charge in [0.15, 0.2) is 0 Å². The van der Waals surface area contributed by atoms with Gasteiger partial charge in [-0.2, -0.15) is 5.26 Å². The highest BCUT2D eigenvalue weighted by Crippen LogP contribution is 2.17. The van der Waals surface area contributed by atoms with Crippen LogP contribution < -0.4 is 5.32 Å². The van der Waals surface area contributed by atoms with E-state index in [1.165, 1.54) is 12.8 Å². The molecule has 2 heteroatoms. The Morgan fingerprint density at radius 1 is 1.18 bits per heavy atom. The summed E-state index contributed by atoms with van der Waals surface area (Å²) in [5.74, 6) is 0.755. The number of hydrogen-bond donors (Lipinski definition) is 1. The van der Waals surface area contributed by atoms with E-state index in [0.29, 0.717) is 11.6 Å².